The fourth-order valence-corrected chi connectivity index (χ4v) is 4.13. The highest BCUT2D eigenvalue weighted by Gasteiger charge is 2.35. The molecule has 0 radical (unpaired) electrons. The minimum Gasteiger partial charge on any atom is -0.312 e. The smallest absolute Gasteiger partial charge is 0.281 e. The average Bonchev–Trinajstić information content (AvgIpc) is 2.68. The molecule has 0 spiro atoms. The Kier molecular flexibility index (Phi) is 2.56. The van der Waals surface area contributed by atoms with E-state index in [2.05, 4.69) is 32.4 Å². The van der Waals surface area contributed by atoms with Crippen LogP contribution >= 0.6 is 27.7 Å². The molecule has 88 valence electrons. The Morgan fingerprint density at radius 2 is 2.29 bits per heavy atom. The number of para-hydroxylation sites is 1. The van der Waals surface area contributed by atoms with Crippen molar-refractivity contribution >= 4 is 38.6 Å². The summed E-state index contributed by atoms with van der Waals surface area (Å²) in [7, 11) is 0. The Hall–Kier alpha value is -0.810. The van der Waals surface area contributed by atoms with Gasteiger partial charge >= 0.3 is 0 Å². The second kappa shape index (κ2) is 3.85. The van der Waals surface area contributed by atoms with E-state index in [1.807, 2.05) is 24.3 Å². The Labute approximate surface area is 111 Å². The van der Waals surface area contributed by atoms with Gasteiger partial charge < -0.3 is 4.57 Å². The first-order valence-electron chi connectivity index (χ1n) is 5.37. The zero-order chi connectivity index (χ0) is 12.0. The van der Waals surface area contributed by atoms with Gasteiger partial charge in [-0.1, -0.05) is 39.8 Å². The number of aromatic nitrogens is 2. The second-order valence-electron chi connectivity index (χ2n) is 4.47. The number of nitrogens with zero attached hydrogens (tertiary/aromatic N) is 2. The highest BCUT2D eigenvalue weighted by Crippen LogP contribution is 2.39. The molecule has 0 N–H and O–H groups in total. The van der Waals surface area contributed by atoms with Crippen LogP contribution in [0.5, 0.6) is 0 Å². The molecule has 0 saturated carbocycles. The molecule has 1 aliphatic heterocycles. The first-order chi connectivity index (χ1) is 8.15. The molecule has 1 aromatic heterocycles. The van der Waals surface area contributed by atoms with Crippen LogP contribution in [0.4, 0.5) is 0 Å². The van der Waals surface area contributed by atoms with Crippen LogP contribution in [-0.4, -0.2) is 20.6 Å². The average molecular weight is 311 g/mol. The molecule has 1 unspecified atom stereocenters. The van der Waals surface area contributed by atoms with Gasteiger partial charge in [0, 0.05) is 11.1 Å². The molecule has 17 heavy (non-hydrogen) atoms. The highest BCUT2D eigenvalue weighted by molar-refractivity contribution is 9.09. The van der Waals surface area contributed by atoms with Crippen molar-refractivity contribution in [1.29, 1.82) is 0 Å². The Balaban J connectivity index is 2.46. The number of hydrogen-bond acceptors (Lipinski definition) is 3. The van der Waals surface area contributed by atoms with E-state index in [0.29, 0.717) is 5.39 Å². The van der Waals surface area contributed by atoms with E-state index in [-0.39, 0.29) is 11.1 Å². The van der Waals surface area contributed by atoms with Gasteiger partial charge in [0.25, 0.3) is 5.56 Å². The van der Waals surface area contributed by atoms with Crippen molar-refractivity contribution in [3.63, 3.8) is 0 Å². The van der Waals surface area contributed by atoms with E-state index < -0.39 is 0 Å². The van der Waals surface area contributed by atoms with Gasteiger partial charge in [0.15, 0.2) is 5.16 Å². The molecule has 3 nitrogen and oxygen atoms in total. The van der Waals surface area contributed by atoms with Gasteiger partial charge in [-0.25, -0.2) is 0 Å². The topological polar surface area (TPSA) is 34.9 Å². The van der Waals surface area contributed by atoms with E-state index in [1.54, 1.807) is 11.8 Å². The van der Waals surface area contributed by atoms with E-state index in [1.165, 1.54) is 0 Å². The minimum atomic E-state index is -0.127. The van der Waals surface area contributed by atoms with E-state index in [9.17, 15) is 4.79 Å². The summed E-state index contributed by atoms with van der Waals surface area (Å²) in [5.41, 5.74) is 0.841. The van der Waals surface area contributed by atoms with Crippen molar-refractivity contribution in [3.8, 4) is 0 Å². The molecular formula is C12H11BrN2OS. The van der Waals surface area contributed by atoms with Crippen LogP contribution in [0.1, 0.15) is 6.92 Å². The van der Waals surface area contributed by atoms with Gasteiger partial charge in [-0.05, 0) is 19.1 Å². The van der Waals surface area contributed by atoms with Crippen molar-refractivity contribution in [2.75, 3.05) is 11.1 Å². The highest BCUT2D eigenvalue weighted by atomic mass is 79.9. The summed E-state index contributed by atoms with van der Waals surface area (Å²) in [6, 6.07) is 7.68. The number of halogens is 1. The maximum absolute atomic E-state index is 11.9. The summed E-state index contributed by atoms with van der Waals surface area (Å²) in [5, 5.41) is 2.38. The number of fused-ring (bicyclic) bond motifs is 3. The van der Waals surface area contributed by atoms with Crippen LogP contribution < -0.4 is 5.56 Å². The fraction of sp³-hybridized carbons (Fsp3) is 0.333. The maximum atomic E-state index is 11.9. The maximum Gasteiger partial charge on any atom is 0.281 e. The molecule has 0 amide bonds. The molecule has 0 bridgehead atoms. The normalized spacial score (nSPS) is 22.9. The molecule has 0 fully saturated rings. The molecule has 0 aliphatic carbocycles. The van der Waals surface area contributed by atoms with Crippen molar-refractivity contribution in [3.05, 3.63) is 34.6 Å². The van der Waals surface area contributed by atoms with E-state index in [4.69, 9.17) is 0 Å². The fourth-order valence-electron chi connectivity index (χ4n) is 2.15. The summed E-state index contributed by atoms with van der Waals surface area (Å²) in [5.74, 6) is 0.943. The summed E-state index contributed by atoms with van der Waals surface area (Å²) in [6.45, 7) is 2.18. The van der Waals surface area contributed by atoms with Crippen molar-refractivity contribution in [2.24, 2.45) is 0 Å². The molecule has 5 heteroatoms. The van der Waals surface area contributed by atoms with Crippen molar-refractivity contribution in [1.82, 2.24) is 9.55 Å². The zero-order valence-electron chi connectivity index (χ0n) is 9.31. The van der Waals surface area contributed by atoms with Crippen LogP contribution in [0.15, 0.2) is 34.2 Å². The van der Waals surface area contributed by atoms with E-state index in [0.717, 1.165) is 21.8 Å². The Bertz CT molecular complexity index is 654. The molecule has 2 aromatic rings. The number of alkyl halides is 1. The molecule has 0 saturated heterocycles. The summed E-state index contributed by atoms with van der Waals surface area (Å²) >= 11 is 5.22. The summed E-state index contributed by atoms with van der Waals surface area (Å²) < 4.78 is 2.18. The molecule has 3 rings (SSSR count). The molecule has 1 aromatic carbocycles. The van der Waals surface area contributed by atoms with Gasteiger partial charge in [0.05, 0.1) is 16.4 Å². The van der Waals surface area contributed by atoms with Crippen molar-refractivity contribution < 1.29 is 0 Å². The SMILES string of the molecule is CC1(CBr)CSc2nc(=O)c3ccccc3n21. The number of thioether (sulfide) groups is 1. The minimum absolute atomic E-state index is 0.0136. The van der Waals surface area contributed by atoms with Crippen LogP contribution in [0, 0.1) is 0 Å². The lowest BCUT2D eigenvalue weighted by Gasteiger charge is -2.25. The third-order valence-electron chi connectivity index (χ3n) is 3.10. The summed E-state index contributed by atoms with van der Waals surface area (Å²) in [6.07, 6.45) is 0. The predicted molar refractivity (Wildman–Crippen MR) is 74.2 cm³/mol. The molecule has 2 heterocycles. The Morgan fingerprint density at radius 1 is 1.53 bits per heavy atom. The lowest BCUT2D eigenvalue weighted by molar-refractivity contribution is 0.410. The molecule has 1 atom stereocenters. The van der Waals surface area contributed by atoms with E-state index >= 15 is 0 Å². The largest absolute Gasteiger partial charge is 0.312 e. The lowest BCUT2D eigenvalue weighted by atomic mass is 10.1. The monoisotopic (exact) mass is 310 g/mol. The van der Waals surface area contributed by atoms with Crippen LogP contribution in [-0.2, 0) is 5.54 Å². The second-order valence-corrected chi connectivity index (χ2v) is 5.97. The van der Waals surface area contributed by atoms with Gasteiger partial charge in [0.2, 0.25) is 0 Å². The van der Waals surface area contributed by atoms with Crippen LogP contribution in [0.3, 0.4) is 0 Å². The standard InChI is InChI=1S/C12H11BrN2OS/c1-12(6-13)7-17-11-14-10(16)8-4-2-3-5-9(8)15(11)12/h2-5H,6-7H2,1H3. The third kappa shape index (κ3) is 1.56. The lowest BCUT2D eigenvalue weighted by Crippen LogP contribution is -2.32. The van der Waals surface area contributed by atoms with Crippen LogP contribution in [0.25, 0.3) is 10.9 Å². The van der Waals surface area contributed by atoms with Gasteiger partial charge in [-0.3, -0.25) is 4.79 Å². The first kappa shape index (κ1) is 11.3. The predicted octanol–water partition coefficient (Wildman–Crippen LogP) is 2.61. The number of benzene rings is 1. The molecule has 1 aliphatic rings. The summed E-state index contributed by atoms with van der Waals surface area (Å²) in [4.78, 5) is 16.1. The van der Waals surface area contributed by atoms with Crippen molar-refractivity contribution in [2.45, 2.75) is 17.6 Å². The Morgan fingerprint density at radius 3 is 3.06 bits per heavy atom. The quantitative estimate of drug-likeness (QED) is 0.600. The number of rotatable bonds is 1. The first-order valence-corrected chi connectivity index (χ1v) is 7.47. The van der Waals surface area contributed by atoms with Gasteiger partial charge in [-0.15, -0.1) is 0 Å². The van der Waals surface area contributed by atoms with Gasteiger partial charge in [-0.2, -0.15) is 4.98 Å². The zero-order valence-corrected chi connectivity index (χ0v) is 11.7. The van der Waals surface area contributed by atoms with Crippen LogP contribution in [0.2, 0.25) is 0 Å². The van der Waals surface area contributed by atoms with Gasteiger partial charge in [0.1, 0.15) is 0 Å². The third-order valence-corrected chi connectivity index (χ3v) is 5.61. The molecular weight excluding hydrogens is 300 g/mol. The number of hydrogen-bond donors (Lipinski definition) is 0.